The molecule has 0 spiro atoms. The molecule has 0 aliphatic carbocycles. The first-order chi connectivity index (χ1) is 15.2. The van der Waals surface area contributed by atoms with Crippen LogP contribution in [0.3, 0.4) is 0 Å². The fraction of sp³-hybridized carbons (Fsp3) is 0.174. The van der Waals surface area contributed by atoms with Crippen LogP contribution in [0, 0.1) is 0 Å². The van der Waals surface area contributed by atoms with Crippen molar-refractivity contribution in [2.24, 2.45) is 7.05 Å². The summed E-state index contributed by atoms with van der Waals surface area (Å²) in [6.07, 6.45) is 3.34. The maximum absolute atomic E-state index is 12.6. The van der Waals surface area contributed by atoms with Gasteiger partial charge in [0.25, 0.3) is 5.56 Å². The summed E-state index contributed by atoms with van der Waals surface area (Å²) in [6, 6.07) is 11.5. The van der Waals surface area contributed by atoms with Crippen molar-refractivity contribution < 1.29 is 17.9 Å². The van der Waals surface area contributed by atoms with Crippen LogP contribution in [0.5, 0.6) is 17.2 Å². The van der Waals surface area contributed by atoms with E-state index in [9.17, 15) is 13.2 Å². The summed E-state index contributed by atoms with van der Waals surface area (Å²) >= 11 is 6.35. The molecule has 2 aromatic heterocycles. The molecule has 0 bridgehead atoms. The molecule has 2 aromatic carbocycles. The Hall–Kier alpha value is -3.23. The summed E-state index contributed by atoms with van der Waals surface area (Å²) in [5, 5.41) is 1.02. The van der Waals surface area contributed by atoms with Crippen molar-refractivity contribution in [2.45, 2.75) is 11.8 Å². The van der Waals surface area contributed by atoms with Crippen LogP contribution in [-0.2, 0) is 16.9 Å². The van der Waals surface area contributed by atoms with Gasteiger partial charge in [0, 0.05) is 42.0 Å². The van der Waals surface area contributed by atoms with E-state index in [1.54, 1.807) is 74.4 Å². The minimum absolute atomic E-state index is 0.0356. The molecule has 9 heteroatoms. The van der Waals surface area contributed by atoms with Gasteiger partial charge in [-0.15, -0.1) is 0 Å². The Kier molecular flexibility index (Phi) is 5.75. The lowest BCUT2D eigenvalue weighted by Gasteiger charge is -2.14. The van der Waals surface area contributed by atoms with Crippen LogP contribution in [0.25, 0.3) is 22.0 Å². The van der Waals surface area contributed by atoms with E-state index in [0.717, 1.165) is 0 Å². The summed E-state index contributed by atoms with van der Waals surface area (Å²) in [6.45, 7) is 1.59. The first kappa shape index (κ1) is 22.0. The maximum Gasteiger partial charge on any atom is 0.272 e. The van der Waals surface area contributed by atoms with Crippen molar-refractivity contribution in [3.8, 4) is 28.4 Å². The minimum Gasteiger partial charge on any atom is -0.497 e. The molecule has 0 aliphatic rings. The molecule has 0 saturated heterocycles. The number of aromatic amines is 1. The molecule has 0 saturated carbocycles. The zero-order chi connectivity index (χ0) is 23.0. The molecule has 0 atom stereocenters. The SMILES string of the molecule is CCS(=O)(=O)c1ccc(Oc2ccc(OC)cc2Cl)c(-c2cn(C)c3c(=O)[nH]ccc23)c1. The topological polar surface area (TPSA) is 90.4 Å². The largest absolute Gasteiger partial charge is 0.497 e. The lowest BCUT2D eigenvalue weighted by Crippen LogP contribution is -2.07. The standard InChI is InChI=1S/C23H21ClN2O5S/c1-4-32(28,29)15-6-8-20(31-21-7-5-14(30-3)11-19(21)24)17(12-15)18-13-26(2)22-16(18)9-10-25-23(22)27/h5-13H,4H2,1-3H3,(H,25,27). The number of hydrogen-bond donors (Lipinski definition) is 1. The quantitative estimate of drug-likeness (QED) is 0.436. The molecule has 7 nitrogen and oxygen atoms in total. The van der Waals surface area contributed by atoms with Gasteiger partial charge in [0.1, 0.15) is 22.8 Å². The van der Waals surface area contributed by atoms with E-state index < -0.39 is 9.84 Å². The highest BCUT2D eigenvalue weighted by atomic mass is 35.5. The van der Waals surface area contributed by atoms with Gasteiger partial charge < -0.3 is 19.0 Å². The zero-order valence-electron chi connectivity index (χ0n) is 17.7. The van der Waals surface area contributed by atoms with Gasteiger partial charge in [-0.2, -0.15) is 0 Å². The third kappa shape index (κ3) is 3.87. The number of ether oxygens (including phenoxy) is 2. The van der Waals surface area contributed by atoms with Gasteiger partial charge in [0.05, 0.1) is 22.8 Å². The third-order valence-electron chi connectivity index (χ3n) is 5.24. The number of aryl methyl sites for hydroxylation is 1. The Bertz CT molecular complexity index is 1490. The van der Waals surface area contributed by atoms with E-state index in [-0.39, 0.29) is 16.2 Å². The van der Waals surface area contributed by atoms with E-state index in [0.29, 0.717) is 44.3 Å². The van der Waals surface area contributed by atoms with Crippen molar-refractivity contribution in [3.63, 3.8) is 0 Å². The second kappa shape index (κ2) is 8.37. The molecule has 4 aromatic rings. The molecule has 4 rings (SSSR count). The van der Waals surface area contributed by atoms with Crippen molar-refractivity contribution >= 4 is 32.3 Å². The number of benzene rings is 2. The van der Waals surface area contributed by atoms with Crippen molar-refractivity contribution in [1.82, 2.24) is 9.55 Å². The zero-order valence-corrected chi connectivity index (χ0v) is 19.3. The average Bonchev–Trinajstić information content (AvgIpc) is 3.12. The predicted octanol–water partition coefficient (Wildman–Crippen LogP) is 4.78. The van der Waals surface area contributed by atoms with Crippen LogP contribution < -0.4 is 15.0 Å². The molecule has 2 heterocycles. The van der Waals surface area contributed by atoms with E-state index in [4.69, 9.17) is 21.1 Å². The molecular weight excluding hydrogens is 452 g/mol. The van der Waals surface area contributed by atoms with Crippen LogP contribution in [0.1, 0.15) is 6.92 Å². The summed E-state index contributed by atoms with van der Waals surface area (Å²) < 4.78 is 38.1. The molecule has 0 unspecified atom stereocenters. The van der Waals surface area contributed by atoms with Crippen LogP contribution in [0.4, 0.5) is 0 Å². The van der Waals surface area contributed by atoms with Gasteiger partial charge in [-0.05, 0) is 36.4 Å². The molecule has 0 radical (unpaired) electrons. The van der Waals surface area contributed by atoms with E-state index in [1.807, 2.05) is 0 Å². The summed E-state index contributed by atoms with van der Waals surface area (Å²) in [5.74, 6) is 1.34. The number of aromatic nitrogens is 2. The first-order valence-corrected chi connectivity index (χ1v) is 11.8. The Balaban J connectivity index is 1.95. The van der Waals surface area contributed by atoms with Gasteiger partial charge in [0.15, 0.2) is 9.84 Å². The molecule has 0 fully saturated rings. The van der Waals surface area contributed by atoms with Gasteiger partial charge in [-0.25, -0.2) is 8.42 Å². The van der Waals surface area contributed by atoms with E-state index in [1.165, 1.54) is 6.07 Å². The first-order valence-electron chi connectivity index (χ1n) is 9.80. The highest BCUT2D eigenvalue weighted by Gasteiger charge is 2.20. The van der Waals surface area contributed by atoms with Crippen molar-refractivity contribution in [2.75, 3.05) is 12.9 Å². The third-order valence-corrected chi connectivity index (χ3v) is 7.27. The van der Waals surface area contributed by atoms with Crippen molar-refractivity contribution in [1.29, 1.82) is 0 Å². The number of hydrogen-bond acceptors (Lipinski definition) is 5. The maximum atomic E-state index is 12.6. The molecule has 166 valence electrons. The number of fused-ring (bicyclic) bond motifs is 1. The number of nitrogens with zero attached hydrogens (tertiary/aromatic N) is 1. The number of halogens is 1. The molecule has 0 aliphatic heterocycles. The highest BCUT2D eigenvalue weighted by molar-refractivity contribution is 7.91. The molecule has 32 heavy (non-hydrogen) atoms. The Morgan fingerprint density at radius 2 is 1.81 bits per heavy atom. The molecule has 0 amide bonds. The number of pyridine rings is 1. The Morgan fingerprint density at radius 1 is 1.06 bits per heavy atom. The van der Waals surface area contributed by atoms with Gasteiger partial charge in [-0.1, -0.05) is 18.5 Å². The molecular formula is C23H21ClN2O5S. The second-order valence-corrected chi connectivity index (χ2v) is 9.87. The summed E-state index contributed by atoms with van der Waals surface area (Å²) in [5.41, 5.74) is 1.43. The Labute approximate surface area is 190 Å². The van der Waals surface area contributed by atoms with Crippen molar-refractivity contribution in [3.05, 3.63) is 70.2 Å². The van der Waals surface area contributed by atoms with Crippen LogP contribution >= 0.6 is 11.6 Å². The van der Waals surface area contributed by atoms with Gasteiger partial charge in [0.2, 0.25) is 0 Å². The second-order valence-electron chi connectivity index (χ2n) is 7.18. The smallest absolute Gasteiger partial charge is 0.272 e. The van der Waals surface area contributed by atoms with Gasteiger partial charge >= 0.3 is 0 Å². The van der Waals surface area contributed by atoms with Crippen LogP contribution in [0.15, 0.2) is 64.5 Å². The normalized spacial score (nSPS) is 11.6. The lowest BCUT2D eigenvalue weighted by molar-refractivity contribution is 0.413. The predicted molar refractivity (Wildman–Crippen MR) is 125 cm³/mol. The van der Waals surface area contributed by atoms with Gasteiger partial charge in [-0.3, -0.25) is 4.79 Å². The molecule has 1 N–H and O–H groups in total. The summed E-state index contributed by atoms with van der Waals surface area (Å²) in [4.78, 5) is 15.2. The number of sulfone groups is 1. The van der Waals surface area contributed by atoms with E-state index >= 15 is 0 Å². The number of H-pyrrole nitrogens is 1. The number of rotatable bonds is 6. The fourth-order valence-electron chi connectivity index (χ4n) is 3.56. The number of nitrogens with one attached hydrogen (secondary N) is 1. The van der Waals surface area contributed by atoms with Crippen LogP contribution in [-0.4, -0.2) is 30.8 Å². The number of methoxy groups -OCH3 is 1. The lowest BCUT2D eigenvalue weighted by atomic mass is 10.0. The van der Waals surface area contributed by atoms with E-state index in [2.05, 4.69) is 4.98 Å². The van der Waals surface area contributed by atoms with Crippen LogP contribution in [0.2, 0.25) is 5.02 Å². The summed E-state index contributed by atoms with van der Waals surface area (Å²) in [7, 11) is -0.163. The highest BCUT2D eigenvalue weighted by Crippen LogP contribution is 2.41. The minimum atomic E-state index is -3.46. The fourth-order valence-corrected chi connectivity index (χ4v) is 4.67. The monoisotopic (exact) mass is 472 g/mol. The average molecular weight is 473 g/mol. The Morgan fingerprint density at radius 3 is 2.50 bits per heavy atom.